The van der Waals surface area contributed by atoms with Crippen LogP contribution in [-0.2, 0) is 13.1 Å². The Morgan fingerprint density at radius 1 is 1.35 bits per heavy atom. The summed E-state index contributed by atoms with van der Waals surface area (Å²) in [5.41, 5.74) is 2.17. The average Bonchev–Trinajstić information content (AvgIpc) is 3.05. The molecule has 0 aliphatic rings. The molecule has 2 rings (SSSR count). The van der Waals surface area contributed by atoms with Crippen LogP contribution < -0.4 is 10.6 Å². The van der Waals surface area contributed by atoms with Crippen molar-refractivity contribution in [2.75, 3.05) is 13.1 Å². The summed E-state index contributed by atoms with van der Waals surface area (Å²) in [6, 6.07) is 6.67. The molecular weight excluding hydrogens is 292 g/mol. The van der Waals surface area contributed by atoms with Gasteiger partial charge in [-0.3, -0.25) is 14.3 Å². The van der Waals surface area contributed by atoms with E-state index in [0.29, 0.717) is 17.7 Å². The first-order valence-corrected chi connectivity index (χ1v) is 7.78. The maximum atomic E-state index is 11.9. The van der Waals surface area contributed by atoms with Crippen molar-refractivity contribution in [1.82, 2.24) is 20.4 Å². The Bertz CT molecular complexity index is 652. The number of amides is 1. The molecule has 0 atom stereocenters. The quantitative estimate of drug-likeness (QED) is 0.545. The van der Waals surface area contributed by atoms with E-state index in [0.717, 1.165) is 37.9 Å². The number of hydrogen-bond acceptors (Lipinski definition) is 4. The number of nitrogens with one attached hydrogen (secondary N) is 2. The van der Waals surface area contributed by atoms with Gasteiger partial charge < -0.3 is 10.6 Å². The van der Waals surface area contributed by atoms with Crippen LogP contribution in [0.5, 0.6) is 0 Å². The van der Waals surface area contributed by atoms with Crippen LogP contribution in [0.4, 0.5) is 0 Å². The highest BCUT2D eigenvalue weighted by Gasteiger charge is 2.05. The van der Waals surface area contributed by atoms with Crippen LogP contribution in [0.1, 0.15) is 39.6 Å². The Morgan fingerprint density at radius 2 is 2.22 bits per heavy atom. The van der Waals surface area contributed by atoms with Crippen molar-refractivity contribution in [3.8, 4) is 0 Å². The van der Waals surface area contributed by atoms with Gasteiger partial charge in [0.1, 0.15) is 6.29 Å². The number of aryl methyl sites for hydroxylation is 1. The molecule has 0 aliphatic heterocycles. The molecule has 122 valence electrons. The maximum Gasteiger partial charge on any atom is 0.251 e. The van der Waals surface area contributed by atoms with Crippen LogP contribution >= 0.6 is 0 Å². The Labute approximate surface area is 135 Å². The van der Waals surface area contributed by atoms with E-state index in [4.69, 9.17) is 0 Å². The van der Waals surface area contributed by atoms with Crippen molar-refractivity contribution in [2.45, 2.75) is 26.4 Å². The minimum Gasteiger partial charge on any atom is -0.352 e. The lowest BCUT2D eigenvalue weighted by atomic mass is 10.1. The number of aldehydes is 1. The first-order valence-electron chi connectivity index (χ1n) is 7.78. The van der Waals surface area contributed by atoms with Gasteiger partial charge in [0.15, 0.2) is 0 Å². The van der Waals surface area contributed by atoms with Gasteiger partial charge in [-0.05, 0) is 32.0 Å². The summed E-state index contributed by atoms with van der Waals surface area (Å²) in [6.45, 7) is 5.10. The van der Waals surface area contributed by atoms with E-state index < -0.39 is 0 Å². The molecule has 2 N–H and O–H groups in total. The van der Waals surface area contributed by atoms with E-state index in [9.17, 15) is 9.59 Å². The van der Waals surface area contributed by atoms with Crippen molar-refractivity contribution in [3.05, 3.63) is 53.3 Å². The highest BCUT2D eigenvalue weighted by Crippen LogP contribution is 2.03. The van der Waals surface area contributed by atoms with Crippen LogP contribution in [0, 0.1) is 0 Å². The fourth-order valence-corrected chi connectivity index (χ4v) is 2.17. The Balaban J connectivity index is 1.63. The van der Waals surface area contributed by atoms with E-state index in [1.54, 1.807) is 24.3 Å². The average molecular weight is 314 g/mol. The molecule has 0 saturated heterocycles. The number of carbonyl (C=O) groups is 2. The van der Waals surface area contributed by atoms with Gasteiger partial charge in [-0.1, -0.05) is 12.1 Å². The third kappa shape index (κ3) is 5.34. The van der Waals surface area contributed by atoms with E-state index in [1.165, 1.54) is 0 Å². The molecule has 2 aromatic rings. The highest BCUT2D eigenvalue weighted by atomic mass is 16.1. The zero-order valence-electron chi connectivity index (χ0n) is 13.3. The number of benzene rings is 1. The van der Waals surface area contributed by atoms with E-state index in [2.05, 4.69) is 22.7 Å². The summed E-state index contributed by atoms with van der Waals surface area (Å²) in [4.78, 5) is 22.6. The van der Waals surface area contributed by atoms with Crippen LogP contribution in [0.3, 0.4) is 0 Å². The van der Waals surface area contributed by atoms with Crippen LogP contribution in [0.2, 0.25) is 0 Å². The predicted octanol–water partition coefficient (Wildman–Crippen LogP) is 1.63. The number of rotatable bonds is 9. The third-order valence-corrected chi connectivity index (χ3v) is 3.44. The van der Waals surface area contributed by atoms with Gasteiger partial charge in [0.05, 0.1) is 6.20 Å². The SMILES string of the molecule is CCn1cc(CNCCCNC(=O)c2cccc(C=O)c2)cn1. The van der Waals surface area contributed by atoms with Gasteiger partial charge in [0.25, 0.3) is 5.91 Å². The summed E-state index contributed by atoms with van der Waals surface area (Å²) < 4.78 is 1.89. The molecule has 0 bridgehead atoms. The summed E-state index contributed by atoms with van der Waals surface area (Å²) in [7, 11) is 0. The number of nitrogens with zero attached hydrogens (tertiary/aromatic N) is 2. The summed E-state index contributed by atoms with van der Waals surface area (Å²) >= 11 is 0. The minimum atomic E-state index is -0.155. The number of hydrogen-bond donors (Lipinski definition) is 2. The van der Waals surface area contributed by atoms with Gasteiger partial charge in [-0.25, -0.2) is 0 Å². The summed E-state index contributed by atoms with van der Waals surface area (Å²) in [5, 5.41) is 10.4. The fourth-order valence-electron chi connectivity index (χ4n) is 2.17. The largest absolute Gasteiger partial charge is 0.352 e. The molecule has 1 aromatic heterocycles. The highest BCUT2D eigenvalue weighted by molar-refractivity contribution is 5.95. The van der Waals surface area contributed by atoms with Crippen LogP contribution in [0.25, 0.3) is 0 Å². The number of aromatic nitrogens is 2. The van der Waals surface area contributed by atoms with Gasteiger partial charge in [0, 0.05) is 42.5 Å². The second-order valence-electron chi connectivity index (χ2n) is 5.23. The van der Waals surface area contributed by atoms with E-state index >= 15 is 0 Å². The first kappa shape index (κ1) is 16.9. The van der Waals surface area contributed by atoms with Gasteiger partial charge in [0.2, 0.25) is 0 Å². The van der Waals surface area contributed by atoms with Crippen molar-refractivity contribution in [1.29, 1.82) is 0 Å². The summed E-state index contributed by atoms with van der Waals surface area (Å²) in [6.07, 6.45) is 5.45. The topological polar surface area (TPSA) is 76.0 Å². The van der Waals surface area contributed by atoms with Crippen molar-refractivity contribution in [2.24, 2.45) is 0 Å². The smallest absolute Gasteiger partial charge is 0.251 e. The standard InChI is InChI=1S/C17H22N4O2/c1-2-21-12-15(11-20-21)10-18-7-4-8-19-17(23)16-6-3-5-14(9-16)13-22/h3,5-6,9,11-13,18H,2,4,7-8,10H2,1H3,(H,19,23). The zero-order chi connectivity index (χ0) is 16.5. The van der Waals surface area contributed by atoms with Crippen molar-refractivity contribution >= 4 is 12.2 Å². The second kappa shape index (κ2) is 8.85. The molecule has 1 heterocycles. The van der Waals surface area contributed by atoms with E-state index in [-0.39, 0.29) is 5.91 Å². The number of carbonyl (C=O) groups excluding carboxylic acids is 2. The molecule has 6 nitrogen and oxygen atoms in total. The maximum absolute atomic E-state index is 11.9. The molecule has 0 radical (unpaired) electrons. The molecule has 0 spiro atoms. The molecule has 6 heteroatoms. The van der Waals surface area contributed by atoms with Crippen molar-refractivity contribution < 1.29 is 9.59 Å². The Hall–Kier alpha value is -2.47. The van der Waals surface area contributed by atoms with Crippen molar-refractivity contribution in [3.63, 3.8) is 0 Å². The molecular formula is C17H22N4O2. The predicted molar refractivity (Wildman–Crippen MR) is 88.4 cm³/mol. The minimum absolute atomic E-state index is 0.155. The molecule has 1 amide bonds. The first-order chi connectivity index (χ1) is 11.2. The molecule has 0 aliphatic carbocycles. The molecule has 0 saturated carbocycles. The lowest BCUT2D eigenvalue weighted by molar-refractivity contribution is 0.0953. The molecule has 0 unspecified atom stereocenters. The van der Waals surface area contributed by atoms with Gasteiger partial charge in [-0.2, -0.15) is 5.10 Å². The molecule has 0 fully saturated rings. The Kier molecular flexibility index (Phi) is 6.50. The third-order valence-electron chi connectivity index (χ3n) is 3.44. The Morgan fingerprint density at radius 3 is 2.96 bits per heavy atom. The second-order valence-corrected chi connectivity index (χ2v) is 5.23. The normalized spacial score (nSPS) is 10.5. The zero-order valence-corrected chi connectivity index (χ0v) is 13.3. The van der Waals surface area contributed by atoms with Gasteiger partial charge in [-0.15, -0.1) is 0 Å². The van der Waals surface area contributed by atoms with E-state index in [1.807, 2.05) is 17.1 Å². The van der Waals surface area contributed by atoms with Gasteiger partial charge >= 0.3 is 0 Å². The van der Waals surface area contributed by atoms with Crippen LogP contribution in [-0.4, -0.2) is 35.1 Å². The van der Waals surface area contributed by atoms with Crippen LogP contribution in [0.15, 0.2) is 36.7 Å². The summed E-state index contributed by atoms with van der Waals surface area (Å²) in [5.74, 6) is -0.155. The molecule has 23 heavy (non-hydrogen) atoms. The monoisotopic (exact) mass is 314 g/mol. The lowest BCUT2D eigenvalue weighted by Gasteiger charge is -2.06. The fraction of sp³-hybridized carbons (Fsp3) is 0.353. The molecule has 1 aromatic carbocycles. The lowest BCUT2D eigenvalue weighted by Crippen LogP contribution is -2.27.